The van der Waals surface area contributed by atoms with Crippen LogP contribution in [0.4, 0.5) is 10.5 Å². The van der Waals surface area contributed by atoms with Crippen LogP contribution < -0.4 is 19.7 Å². The molecule has 190 valence electrons. The highest BCUT2D eigenvalue weighted by atomic mass is 32.2. The molecule has 2 amide bonds. The van der Waals surface area contributed by atoms with Crippen LogP contribution in [-0.2, 0) is 16.4 Å². The number of benzene rings is 2. The van der Waals surface area contributed by atoms with Gasteiger partial charge in [-0.05, 0) is 43.9 Å². The van der Waals surface area contributed by atoms with Crippen LogP contribution in [0, 0.1) is 0 Å². The number of rotatable bonds is 10. The van der Waals surface area contributed by atoms with Crippen molar-refractivity contribution in [3.05, 3.63) is 59.7 Å². The van der Waals surface area contributed by atoms with E-state index >= 15 is 0 Å². The lowest BCUT2D eigenvalue weighted by Gasteiger charge is -2.29. The van der Waals surface area contributed by atoms with E-state index in [9.17, 15) is 23.1 Å². The second-order valence-corrected chi connectivity index (χ2v) is 10.3. The van der Waals surface area contributed by atoms with E-state index in [-0.39, 0.29) is 24.3 Å². The van der Waals surface area contributed by atoms with Gasteiger partial charge in [0.1, 0.15) is 5.75 Å². The number of sulfonamides is 1. The van der Waals surface area contributed by atoms with Crippen LogP contribution in [0.5, 0.6) is 5.75 Å². The van der Waals surface area contributed by atoms with Gasteiger partial charge in [-0.1, -0.05) is 30.3 Å². The Bertz CT molecular complexity index is 1130. The zero-order valence-corrected chi connectivity index (χ0v) is 20.3. The molecule has 3 rings (SSSR count). The molecular formula is C24H31N3O7S. The quantitative estimate of drug-likeness (QED) is 0.386. The molecule has 0 unspecified atom stereocenters. The van der Waals surface area contributed by atoms with Crippen molar-refractivity contribution in [2.75, 3.05) is 29.8 Å². The van der Waals surface area contributed by atoms with Crippen molar-refractivity contribution < 1.29 is 33.0 Å². The van der Waals surface area contributed by atoms with E-state index in [4.69, 9.17) is 9.84 Å². The Morgan fingerprint density at radius 1 is 1.14 bits per heavy atom. The molecule has 0 saturated carbocycles. The number of hydrogen-bond donors (Lipinski definition) is 4. The largest absolute Gasteiger partial charge is 0.494 e. The average molecular weight is 506 g/mol. The summed E-state index contributed by atoms with van der Waals surface area (Å²) in [6.07, 6.45) is -0.937. The van der Waals surface area contributed by atoms with Gasteiger partial charge in [0.2, 0.25) is 10.0 Å². The number of carbonyl (C=O) groups excluding carboxylic acids is 1. The minimum atomic E-state index is -3.50. The lowest BCUT2D eigenvalue weighted by Crippen LogP contribution is -2.49. The lowest BCUT2D eigenvalue weighted by atomic mass is 10.0. The molecule has 0 bridgehead atoms. The normalized spacial score (nSPS) is 16.7. The number of aliphatic hydroxyl groups excluding tert-OH is 1. The Balaban J connectivity index is 1.88. The standard InChI is InChI=1S/C24H31N3O7S/c1-2-34-20-14-18(13-19(15-20)27-10-6-7-11-35(27,32)33)23(29)26-21(22(28)16-25-24(30)31)12-17-8-4-3-5-9-17/h3-5,8-9,13-15,21-22,25,28H,2,6-7,10-12,16H2,1H3,(H,26,29)(H,30,31)/t21-,22+/m0/s1. The van der Waals surface area contributed by atoms with Crippen molar-refractivity contribution in [2.45, 2.75) is 38.3 Å². The first-order valence-corrected chi connectivity index (χ1v) is 13.1. The summed E-state index contributed by atoms with van der Waals surface area (Å²) in [7, 11) is -3.50. The molecule has 1 aliphatic heterocycles. The molecule has 1 saturated heterocycles. The molecule has 2 aromatic carbocycles. The fourth-order valence-electron chi connectivity index (χ4n) is 3.92. The van der Waals surface area contributed by atoms with Gasteiger partial charge in [0.15, 0.2) is 0 Å². The Labute approximate surface area is 205 Å². The number of nitrogens with zero attached hydrogens (tertiary/aromatic N) is 1. The van der Waals surface area contributed by atoms with E-state index < -0.39 is 34.2 Å². The SMILES string of the molecule is CCOc1cc(C(=O)N[C@@H](Cc2ccccc2)[C@H](O)CNC(=O)O)cc(N2CCCCS2(=O)=O)c1. The molecule has 2 aromatic rings. The molecule has 4 N–H and O–H groups in total. The summed E-state index contributed by atoms with van der Waals surface area (Å²) in [4.78, 5) is 24.1. The summed E-state index contributed by atoms with van der Waals surface area (Å²) < 4.78 is 32.1. The highest BCUT2D eigenvalue weighted by Gasteiger charge is 2.28. The number of nitrogens with one attached hydrogen (secondary N) is 2. The summed E-state index contributed by atoms with van der Waals surface area (Å²) in [6, 6.07) is 13.0. The molecule has 35 heavy (non-hydrogen) atoms. The minimum Gasteiger partial charge on any atom is -0.494 e. The molecule has 0 radical (unpaired) electrons. The Hall–Kier alpha value is -3.31. The van der Waals surface area contributed by atoms with Crippen molar-refractivity contribution in [3.8, 4) is 5.75 Å². The van der Waals surface area contributed by atoms with Crippen molar-refractivity contribution in [1.82, 2.24) is 10.6 Å². The van der Waals surface area contributed by atoms with E-state index in [0.29, 0.717) is 37.4 Å². The van der Waals surface area contributed by atoms with E-state index in [1.807, 2.05) is 30.3 Å². The van der Waals surface area contributed by atoms with E-state index in [1.54, 1.807) is 13.0 Å². The highest BCUT2D eigenvalue weighted by Crippen LogP contribution is 2.29. The van der Waals surface area contributed by atoms with Gasteiger partial charge < -0.3 is 25.6 Å². The second kappa shape index (κ2) is 11.9. The fraction of sp³-hybridized carbons (Fsp3) is 0.417. The summed E-state index contributed by atoms with van der Waals surface area (Å²) in [5.41, 5.74) is 1.35. The topological polar surface area (TPSA) is 145 Å². The molecule has 0 aliphatic carbocycles. The Kier molecular flexibility index (Phi) is 8.94. The number of aliphatic hydroxyl groups is 1. The first-order valence-electron chi connectivity index (χ1n) is 11.5. The predicted molar refractivity (Wildman–Crippen MR) is 131 cm³/mol. The number of ether oxygens (including phenoxy) is 1. The number of hydrogen-bond acceptors (Lipinski definition) is 6. The summed E-state index contributed by atoms with van der Waals surface area (Å²) in [5, 5.41) is 24.4. The van der Waals surface area contributed by atoms with Crippen LogP contribution in [0.3, 0.4) is 0 Å². The second-order valence-electron chi connectivity index (χ2n) is 8.27. The molecule has 2 atom stereocenters. The third kappa shape index (κ3) is 7.33. The molecule has 11 heteroatoms. The van der Waals surface area contributed by atoms with Crippen LogP contribution in [0.15, 0.2) is 48.5 Å². The van der Waals surface area contributed by atoms with E-state index in [2.05, 4.69) is 10.6 Å². The van der Waals surface area contributed by atoms with Gasteiger partial charge in [-0.25, -0.2) is 13.2 Å². The molecular weight excluding hydrogens is 474 g/mol. The van der Waals surface area contributed by atoms with Gasteiger partial charge in [-0.2, -0.15) is 0 Å². The first kappa shape index (κ1) is 26.3. The smallest absolute Gasteiger partial charge is 0.404 e. The van der Waals surface area contributed by atoms with Crippen LogP contribution >= 0.6 is 0 Å². The first-order chi connectivity index (χ1) is 16.7. The number of carbonyl (C=O) groups is 2. The van der Waals surface area contributed by atoms with Gasteiger partial charge >= 0.3 is 6.09 Å². The third-order valence-electron chi connectivity index (χ3n) is 5.64. The maximum absolute atomic E-state index is 13.3. The van der Waals surface area contributed by atoms with E-state index in [1.165, 1.54) is 16.4 Å². The Morgan fingerprint density at radius 3 is 2.54 bits per heavy atom. The molecule has 1 heterocycles. The van der Waals surface area contributed by atoms with Crippen LogP contribution in [0.25, 0.3) is 0 Å². The predicted octanol–water partition coefficient (Wildman–Crippen LogP) is 1.98. The highest BCUT2D eigenvalue weighted by molar-refractivity contribution is 7.92. The van der Waals surface area contributed by atoms with Crippen molar-refractivity contribution in [1.29, 1.82) is 0 Å². The number of anilines is 1. The van der Waals surface area contributed by atoms with Crippen molar-refractivity contribution in [3.63, 3.8) is 0 Å². The van der Waals surface area contributed by atoms with Crippen LogP contribution in [-0.4, -0.2) is 68.2 Å². The molecule has 0 aromatic heterocycles. The summed E-state index contributed by atoms with van der Waals surface area (Å²) >= 11 is 0. The zero-order valence-electron chi connectivity index (χ0n) is 19.5. The zero-order chi connectivity index (χ0) is 25.4. The molecule has 0 spiro atoms. The van der Waals surface area contributed by atoms with Gasteiger partial charge in [-0.15, -0.1) is 0 Å². The van der Waals surface area contributed by atoms with Crippen molar-refractivity contribution >= 4 is 27.7 Å². The number of carboxylic acid groups (broad SMARTS) is 1. The number of amides is 2. The van der Waals surface area contributed by atoms with Gasteiger partial charge in [0, 0.05) is 24.7 Å². The minimum absolute atomic E-state index is 0.0370. The molecule has 1 fully saturated rings. The van der Waals surface area contributed by atoms with Crippen molar-refractivity contribution in [2.24, 2.45) is 0 Å². The monoisotopic (exact) mass is 505 g/mol. The Morgan fingerprint density at radius 2 is 1.89 bits per heavy atom. The maximum Gasteiger partial charge on any atom is 0.404 e. The van der Waals surface area contributed by atoms with Gasteiger partial charge in [-0.3, -0.25) is 9.10 Å². The fourth-order valence-corrected chi connectivity index (χ4v) is 5.55. The summed E-state index contributed by atoms with van der Waals surface area (Å²) in [6.45, 7) is 2.15. The third-order valence-corrected chi connectivity index (χ3v) is 7.51. The molecule has 1 aliphatic rings. The summed E-state index contributed by atoms with van der Waals surface area (Å²) in [5.74, 6) is -0.156. The van der Waals surface area contributed by atoms with E-state index in [0.717, 1.165) is 5.56 Å². The van der Waals surface area contributed by atoms with Crippen LogP contribution in [0.1, 0.15) is 35.7 Å². The van der Waals surface area contributed by atoms with Crippen LogP contribution in [0.2, 0.25) is 0 Å². The maximum atomic E-state index is 13.3. The molecule has 10 nitrogen and oxygen atoms in total. The lowest BCUT2D eigenvalue weighted by molar-refractivity contribution is 0.0829. The van der Waals surface area contributed by atoms with Gasteiger partial charge in [0.05, 0.1) is 30.2 Å². The average Bonchev–Trinajstić information content (AvgIpc) is 2.82. The van der Waals surface area contributed by atoms with Gasteiger partial charge in [0.25, 0.3) is 5.91 Å².